The molecule has 1 fully saturated rings. The summed E-state index contributed by atoms with van der Waals surface area (Å²) in [6.07, 6.45) is 3.49. The first-order valence-electron chi connectivity index (χ1n) is 8.80. The molecule has 1 aliphatic rings. The maximum atomic E-state index is 11.4. The van der Waals surface area contributed by atoms with Crippen molar-refractivity contribution in [1.82, 2.24) is 10.2 Å². The van der Waals surface area contributed by atoms with Crippen LogP contribution in [0, 0.1) is 5.92 Å². The molecule has 0 atom stereocenters. The summed E-state index contributed by atoms with van der Waals surface area (Å²) < 4.78 is 10.4. The number of esters is 1. The Bertz CT molecular complexity index is 568. The number of likely N-dealkylation sites (N-methyl/N-ethyl adjacent to an activating group) is 1. The van der Waals surface area contributed by atoms with E-state index in [1.165, 1.54) is 20.0 Å². The molecule has 0 saturated heterocycles. The van der Waals surface area contributed by atoms with Gasteiger partial charge in [-0.3, -0.25) is 4.99 Å². The van der Waals surface area contributed by atoms with E-state index in [-0.39, 0.29) is 5.97 Å². The van der Waals surface area contributed by atoms with Crippen molar-refractivity contribution in [3.8, 4) is 0 Å². The zero-order chi connectivity index (χ0) is 18.1. The molecule has 1 N–H and O–H groups in total. The van der Waals surface area contributed by atoms with Crippen LogP contribution in [0.4, 0.5) is 0 Å². The van der Waals surface area contributed by atoms with Crippen LogP contribution < -0.4 is 5.32 Å². The number of carbonyl (C=O) groups is 1. The van der Waals surface area contributed by atoms with Gasteiger partial charge in [-0.25, -0.2) is 4.79 Å². The second-order valence-corrected chi connectivity index (χ2v) is 6.35. The molecular weight excluding hydrogens is 318 g/mol. The van der Waals surface area contributed by atoms with Crippen molar-refractivity contribution in [1.29, 1.82) is 0 Å². The standard InChI is InChI=1S/C19H29N3O3/c1-20-19(22(2)12-13-25-14-16-4-5-16)21-11-10-15-6-8-17(9-7-15)18(23)24-3/h6-9,16H,4-5,10-14H2,1-3H3,(H,20,21). The zero-order valence-electron chi connectivity index (χ0n) is 15.5. The van der Waals surface area contributed by atoms with E-state index < -0.39 is 0 Å². The Labute approximate surface area is 150 Å². The van der Waals surface area contributed by atoms with E-state index in [2.05, 4.69) is 15.2 Å². The highest BCUT2D eigenvalue weighted by Gasteiger charge is 2.21. The molecule has 6 nitrogen and oxygen atoms in total. The number of aliphatic imine (C=N–C) groups is 1. The summed E-state index contributed by atoms with van der Waals surface area (Å²) in [5, 5.41) is 3.36. The number of hydrogen-bond donors (Lipinski definition) is 1. The maximum absolute atomic E-state index is 11.4. The van der Waals surface area contributed by atoms with Crippen molar-refractivity contribution in [2.75, 3.05) is 47.5 Å². The molecule has 138 valence electrons. The molecule has 0 heterocycles. The Morgan fingerprint density at radius 2 is 2.04 bits per heavy atom. The second-order valence-electron chi connectivity index (χ2n) is 6.35. The number of guanidine groups is 1. The second kappa shape index (κ2) is 10.0. The minimum atomic E-state index is -0.310. The fraction of sp³-hybridized carbons (Fsp3) is 0.579. The molecule has 0 radical (unpaired) electrons. The molecular formula is C19H29N3O3. The van der Waals surface area contributed by atoms with Crippen molar-refractivity contribution >= 4 is 11.9 Å². The van der Waals surface area contributed by atoms with Crippen LogP contribution in [0.3, 0.4) is 0 Å². The van der Waals surface area contributed by atoms with E-state index in [0.29, 0.717) is 5.56 Å². The highest BCUT2D eigenvalue weighted by atomic mass is 16.5. The first-order valence-corrected chi connectivity index (χ1v) is 8.80. The molecule has 1 aromatic carbocycles. The van der Waals surface area contributed by atoms with Gasteiger partial charge < -0.3 is 19.7 Å². The van der Waals surface area contributed by atoms with Gasteiger partial charge in [-0.15, -0.1) is 0 Å². The molecule has 0 unspecified atom stereocenters. The molecule has 2 rings (SSSR count). The molecule has 6 heteroatoms. The van der Waals surface area contributed by atoms with Gasteiger partial charge in [-0.2, -0.15) is 0 Å². The topological polar surface area (TPSA) is 63.2 Å². The van der Waals surface area contributed by atoms with Gasteiger partial charge in [0.05, 0.1) is 19.3 Å². The number of rotatable bonds is 9. The van der Waals surface area contributed by atoms with Crippen LogP contribution in [0.15, 0.2) is 29.3 Å². The lowest BCUT2D eigenvalue weighted by atomic mass is 10.1. The Morgan fingerprint density at radius 3 is 2.64 bits per heavy atom. The van der Waals surface area contributed by atoms with Gasteiger partial charge in [-0.1, -0.05) is 12.1 Å². The van der Waals surface area contributed by atoms with E-state index in [9.17, 15) is 4.79 Å². The minimum absolute atomic E-state index is 0.310. The van der Waals surface area contributed by atoms with Crippen molar-refractivity contribution in [3.63, 3.8) is 0 Å². The number of benzene rings is 1. The molecule has 25 heavy (non-hydrogen) atoms. The minimum Gasteiger partial charge on any atom is -0.465 e. The third-order valence-corrected chi connectivity index (χ3v) is 4.27. The van der Waals surface area contributed by atoms with Crippen LogP contribution in [-0.4, -0.2) is 64.3 Å². The quantitative estimate of drug-likeness (QED) is 0.320. The molecule has 0 bridgehead atoms. The average molecular weight is 347 g/mol. The monoisotopic (exact) mass is 347 g/mol. The molecule has 1 aromatic rings. The SMILES string of the molecule is CN=C(NCCc1ccc(C(=O)OC)cc1)N(C)CCOCC1CC1. The molecule has 0 aromatic heterocycles. The molecule has 0 aliphatic heterocycles. The fourth-order valence-corrected chi connectivity index (χ4v) is 2.47. The van der Waals surface area contributed by atoms with Crippen molar-refractivity contribution in [2.45, 2.75) is 19.3 Å². The van der Waals surface area contributed by atoms with Gasteiger partial charge >= 0.3 is 5.97 Å². The van der Waals surface area contributed by atoms with Crippen LogP contribution >= 0.6 is 0 Å². The Kier molecular flexibility index (Phi) is 7.73. The normalized spacial score (nSPS) is 14.3. The van der Waals surface area contributed by atoms with Crippen molar-refractivity contribution < 1.29 is 14.3 Å². The van der Waals surface area contributed by atoms with Gasteiger partial charge in [0.25, 0.3) is 0 Å². The molecule has 0 spiro atoms. The summed E-state index contributed by atoms with van der Waals surface area (Å²) in [6, 6.07) is 7.48. The summed E-state index contributed by atoms with van der Waals surface area (Å²) in [7, 11) is 5.19. The van der Waals surface area contributed by atoms with Gasteiger partial charge in [0.2, 0.25) is 0 Å². The average Bonchev–Trinajstić information content (AvgIpc) is 3.46. The van der Waals surface area contributed by atoms with E-state index in [1.54, 1.807) is 19.2 Å². The predicted molar refractivity (Wildman–Crippen MR) is 99.0 cm³/mol. The lowest BCUT2D eigenvalue weighted by Crippen LogP contribution is -2.41. The van der Waals surface area contributed by atoms with Crippen molar-refractivity contribution in [2.24, 2.45) is 10.9 Å². The van der Waals surface area contributed by atoms with Gasteiger partial charge in [0.15, 0.2) is 5.96 Å². The number of ether oxygens (including phenoxy) is 2. The Hall–Kier alpha value is -2.08. The zero-order valence-corrected chi connectivity index (χ0v) is 15.5. The van der Waals surface area contributed by atoms with Crippen LogP contribution in [-0.2, 0) is 15.9 Å². The molecule has 1 saturated carbocycles. The lowest BCUT2D eigenvalue weighted by Gasteiger charge is -2.22. The summed E-state index contributed by atoms with van der Waals surface area (Å²) in [4.78, 5) is 17.8. The third kappa shape index (κ3) is 6.74. The van der Waals surface area contributed by atoms with Crippen LogP contribution in [0.5, 0.6) is 0 Å². The summed E-state index contributed by atoms with van der Waals surface area (Å²) in [5.41, 5.74) is 1.73. The highest BCUT2D eigenvalue weighted by Crippen LogP contribution is 2.28. The molecule has 0 amide bonds. The van der Waals surface area contributed by atoms with E-state index in [1.807, 2.05) is 19.2 Å². The number of methoxy groups -OCH3 is 1. The lowest BCUT2D eigenvalue weighted by molar-refractivity contribution is 0.0600. The number of nitrogens with one attached hydrogen (secondary N) is 1. The van der Waals surface area contributed by atoms with E-state index in [0.717, 1.165) is 50.2 Å². The number of carbonyl (C=O) groups excluding carboxylic acids is 1. The largest absolute Gasteiger partial charge is 0.465 e. The van der Waals surface area contributed by atoms with Gasteiger partial charge in [0.1, 0.15) is 0 Å². The predicted octanol–water partition coefficient (Wildman–Crippen LogP) is 1.95. The van der Waals surface area contributed by atoms with Gasteiger partial charge in [0, 0.05) is 33.8 Å². The Balaban J connectivity index is 1.67. The highest BCUT2D eigenvalue weighted by molar-refractivity contribution is 5.89. The van der Waals surface area contributed by atoms with E-state index >= 15 is 0 Å². The summed E-state index contributed by atoms with van der Waals surface area (Å²) in [5.74, 6) is 1.35. The van der Waals surface area contributed by atoms with E-state index in [4.69, 9.17) is 9.47 Å². The third-order valence-electron chi connectivity index (χ3n) is 4.27. The van der Waals surface area contributed by atoms with Crippen molar-refractivity contribution in [3.05, 3.63) is 35.4 Å². The summed E-state index contributed by atoms with van der Waals surface area (Å²) in [6.45, 7) is 3.21. The number of hydrogen-bond acceptors (Lipinski definition) is 4. The van der Waals surface area contributed by atoms with Crippen LogP contribution in [0.2, 0.25) is 0 Å². The smallest absolute Gasteiger partial charge is 0.337 e. The van der Waals surface area contributed by atoms with Crippen LogP contribution in [0.1, 0.15) is 28.8 Å². The fourth-order valence-electron chi connectivity index (χ4n) is 2.47. The van der Waals surface area contributed by atoms with Gasteiger partial charge in [-0.05, 0) is 42.9 Å². The maximum Gasteiger partial charge on any atom is 0.337 e. The number of nitrogens with zero attached hydrogens (tertiary/aromatic N) is 2. The molecule has 1 aliphatic carbocycles. The first kappa shape index (κ1) is 19.2. The first-order chi connectivity index (χ1) is 12.1. The summed E-state index contributed by atoms with van der Waals surface area (Å²) >= 11 is 0. The van der Waals surface area contributed by atoms with Crippen LogP contribution in [0.25, 0.3) is 0 Å². The Morgan fingerprint density at radius 1 is 1.32 bits per heavy atom.